The topological polar surface area (TPSA) is 44.5 Å². The molecule has 1 atom stereocenters. The highest BCUT2D eigenvalue weighted by molar-refractivity contribution is 4.72. The second-order valence-electron chi connectivity index (χ2n) is 2.68. The van der Waals surface area contributed by atoms with Crippen LogP contribution < -0.4 is 5.73 Å². The van der Waals surface area contributed by atoms with Crippen molar-refractivity contribution in [2.45, 2.75) is 32.1 Å². The molecule has 0 aromatic rings. The molecule has 1 aliphatic rings. The zero-order valence-electron chi connectivity index (χ0n) is 5.18. The van der Waals surface area contributed by atoms with Crippen molar-refractivity contribution in [1.29, 1.82) is 0 Å². The van der Waals surface area contributed by atoms with Gasteiger partial charge in [0.05, 0.1) is 0 Å². The van der Waals surface area contributed by atoms with Gasteiger partial charge in [-0.2, -0.15) is 0 Å². The highest BCUT2D eigenvalue weighted by Crippen LogP contribution is 2.23. The van der Waals surface area contributed by atoms with Crippen molar-refractivity contribution in [3.8, 4) is 0 Å². The van der Waals surface area contributed by atoms with E-state index in [1.54, 1.807) is 0 Å². The Bertz CT molecular complexity index is 92.4. The first kappa shape index (κ1) is 6.01. The van der Waals surface area contributed by atoms with Gasteiger partial charge in [-0.05, 0) is 13.8 Å². The smallest absolute Gasteiger partial charge is 0.144 e. The van der Waals surface area contributed by atoms with Crippen molar-refractivity contribution in [3.63, 3.8) is 0 Å². The third-order valence-corrected chi connectivity index (χ3v) is 1.09. The predicted molar refractivity (Wildman–Crippen MR) is 28.8 cm³/mol. The van der Waals surface area contributed by atoms with Crippen molar-refractivity contribution in [1.82, 2.24) is 0 Å². The molecule has 1 heterocycles. The van der Waals surface area contributed by atoms with Gasteiger partial charge in [-0.3, -0.25) is 0 Å². The second-order valence-corrected chi connectivity index (χ2v) is 2.68. The molecule has 0 saturated carbocycles. The summed E-state index contributed by atoms with van der Waals surface area (Å²) in [6.45, 7) is 3.89. The molecular formula is C5H11NO2. The lowest BCUT2D eigenvalue weighted by atomic mass is 10.1. The molecule has 3 nitrogen and oxygen atoms in total. The molecule has 1 aliphatic heterocycles. The molecule has 1 saturated heterocycles. The van der Waals surface area contributed by atoms with E-state index in [4.69, 9.17) is 10.6 Å². The van der Waals surface area contributed by atoms with Gasteiger partial charge in [-0.25, -0.2) is 9.78 Å². The van der Waals surface area contributed by atoms with Gasteiger partial charge in [0.1, 0.15) is 11.8 Å². The van der Waals surface area contributed by atoms with E-state index >= 15 is 0 Å². The van der Waals surface area contributed by atoms with Crippen LogP contribution in [0.4, 0.5) is 0 Å². The summed E-state index contributed by atoms with van der Waals surface area (Å²) in [6, 6.07) is 0. The van der Waals surface area contributed by atoms with Crippen LogP contribution in [0.1, 0.15) is 20.3 Å². The Kier molecular flexibility index (Phi) is 1.27. The van der Waals surface area contributed by atoms with Crippen molar-refractivity contribution in [2.24, 2.45) is 5.73 Å². The first-order valence-corrected chi connectivity index (χ1v) is 2.70. The third-order valence-electron chi connectivity index (χ3n) is 1.09. The van der Waals surface area contributed by atoms with Crippen molar-refractivity contribution < 1.29 is 9.78 Å². The standard InChI is InChI=1S/C5H11NO2/c1-5(2)3-4(6)7-8-5/h4H,3,6H2,1-2H3. The number of hydrogen-bond donors (Lipinski definition) is 1. The monoisotopic (exact) mass is 117 g/mol. The van der Waals surface area contributed by atoms with Crippen LogP contribution >= 0.6 is 0 Å². The highest BCUT2D eigenvalue weighted by atomic mass is 17.2. The molecule has 0 spiro atoms. The summed E-state index contributed by atoms with van der Waals surface area (Å²) < 4.78 is 0. The molecule has 48 valence electrons. The number of nitrogens with two attached hydrogens (primary N) is 1. The predicted octanol–water partition coefficient (Wildman–Crippen LogP) is 0.402. The molecule has 0 bridgehead atoms. The zero-order chi connectivity index (χ0) is 6.20. The average molecular weight is 117 g/mol. The van der Waals surface area contributed by atoms with Crippen molar-refractivity contribution in [2.75, 3.05) is 0 Å². The molecule has 0 amide bonds. The minimum absolute atomic E-state index is 0.181. The maximum atomic E-state index is 5.36. The van der Waals surface area contributed by atoms with Crippen LogP contribution in [-0.4, -0.2) is 11.8 Å². The molecule has 3 heteroatoms. The zero-order valence-corrected chi connectivity index (χ0v) is 5.18. The van der Waals surface area contributed by atoms with Gasteiger partial charge in [0.2, 0.25) is 0 Å². The summed E-state index contributed by atoms with van der Waals surface area (Å²) in [5.74, 6) is 0. The van der Waals surface area contributed by atoms with Crippen LogP contribution in [-0.2, 0) is 9.78 Å². The lowest BCUT2D eigenvalue weighted by molar-refractivity contribution is -0.317. The molecule has 0 aliphatic carbocycles. The van der Waals surface area contributed by atoms with Crippen LogP contribution in [0.5, 0.6) is 0 Å². The quantitative estimate of drug-likeness (QED) is 0.467. The largest absolute Gasteiger partial charge is 0.303 e. The van der Waals surface area contributed by atoms with Crippen LogP contribution in [0.25, 0.3) is 0 Å². The Morgan fingerprint density at radius 1 is 1.62 bits per heavy atom. The number of hydrogen-bond acceptors (Lipinski definition) is 3. The van der Waals surface area contributed by atoms with E-state index in [2.05, 4.69) is 4.89 Å². The molecule has 1 unspecified atom stereocenters. The lowest BCUT2D eigenvalue weighted by Gasteiger charge is -2.10. The van der Waals surface area contributed by atoms with E-state index in [1.165, 1.54) is 0 Å². The van der Waals surface area contributed by atoms with E-state index in [1.807, 2.05) is 13.8 Å². The van der Waals surface area contributed by atoms with Gasteiger partial charge in [0.15, 0.2) is 0 Å². The summed E-state index contributed by atoms with van der Waals surface area (Å²) in [4.78, 5) is 9.47. The van der Waals surface area contributed by atoms with E-state index in [9.17, 15) is 0 Å². The molecular weight excluding hydrogens is 106 g/mol. The van der Waals surface area contributed by atoms with Crippen LogP contribution in [0.2, 0.25) is 0 Å². The van der Waals surface area contributed by atoms with E-state index in [-0.39, 0.29) is 11.8 Å². The SMILES string of the molecule is CC1(C)CC(N)OO1. The molecule has 0 aromatic heterocycles. The van der Waals surface area contributed by atoms with Gasteiger partial charge < -0.3 is 5.73 Å². The Hall–Kier alpha value is -0.120. The molecule has 0 aromatic carbocycles. The lowest BCUT2D eigenvalue weighted by Crippen LogP contribution is -2.21. The summed E-state index contributed by atoms with van der Waals surface area (Å²) >= 11 is 0. The molecule has 1 fully saturated rings. The van der Waals surface area contributed by atoms with Crippen LogP contribution in [0.3, 0.4) is 0 Å². The van der Waals surface area contributed by atoms with Crippen molar-refractivity contribution in [3.05, 3.63) is 0 Å². The van der Waals surface area contributed by atoms with Gasteiger partial charge in [-0.1, -0.05) is 0 Å². The molecule has 8 heavy (non-hydrogen) atoms. The fourth-order valence-electron chi connectivity index (χ4n) is 0.745. The minimum Gasteiger partial charge on any atom is -0.303 e. The Balaban J connectivity index is 2.44. The number of rotatable bonds is 0. The third kappa shape index (κ3) is 1.18. The summed E-state index contributed by atoms with van der Waals surface area (Å²) in [6.07, 6.45) is 0.539. The van der Waals surface area contributed by atoms with Crippen LogP contribution in [0, 0.1) is 0 Å². The Morgan fingerprint density at radius 3 is 2.38 bits per heavy atom. The van der Waals surface area contributed by atoms with E-state index < -0.39 is 0 Å². The summed E-state index contributed by atoms with van der Waals surface area (Å²) in [7, 11) is 0. The molecule has 0 radical (unpaired) electrons. The van der Waals surface area contributed by atoms with Crippen molar-refractivity contribution >= 4 is 0 Å². The van der Waals surface area contributed by atoms with Crippen LogP contribution in [0.15, 0.2) is 0 Å². The highest BCUT2D eigenvalue weighted by Gasteiger charge is 2.31. The first-order valence-electron chi connectivity index (χ1n) is 2.70. The minimum atomic E-state index is -0.231. The van der Waals surface area contributed by atoms with E-state index in [0.29, 0.717) is 0 Å². The maximum absolute atomic E-state index is 5.36. The fourth-order valence-corrected chi connectivity index (χ4v) is 0.745. The second kappa shape index (κ2) is 1.69. The Morgan fingerprint density at radius 2 is 2.25 bits per heavy atom. The molecule has 2 N–H and O–H groups in total. The van der Waals surface area contributed by atoms with Gasteiger partial charge in [0, 0.05) is 6.42 Å². The summed E-state index contributed by atoms with van der Waals surface area (Å²) in [5, 5.41) is 0. The van der Waals surface area contributed by atoms with E-state index in [0.717, 1.165) is 6.42 Å². The normalized spacial score (nSPS) is 35.6. The van der Waals surface area contributed by atoms with Gasteiger partial charge in [-0.15, -0.1) is 0 Å². The fraction of sp³-hybridized carbons (Fsp3) is 1.00. The van der Waals surface area contributed by atoms with Gasteiger partial charge in [0.25, 0.3) is 0 Å². The molecule has 1 rings (SSSR count). The average Bonchev–Trinajstić information content (AvgIpc) is 1.82. The maximum Gasteiger partial charge on any atom is 0.144 e. The Labute approximate surface area is 48.7 Å². The first-order chi connectivity index (χ1) is 3.60. The summed E-state index contributed by atoms with van der Waals surface area (Å²) in [5.41, 5.74) is 5.18. The van der Waals surface area contributed by atoms with Gasteiger partial charge >= 0.3 is 0 Å².